The normalized spacial score (nSPS) is 13.3. The molecular weight excluding hydrogens is 320 g/mol. The van der Waals surface area contributed by atoms with Crippen LogP contribution in [0.15, 0.2) is 28.9 Å². The Hall–Kier alpha value is -1.69. The molecule has 1 heterocycles. The van der Waals surface area contributed by atoms with Crippen LogP contribution in [0.25, 0.3) is 11.0 Å². The molecule has 20 heavy (non-hydrogen) atoms. The van der Waals surface area contributed by atoms with Gasteiger partial charge >= 0.3 is 0 Å². The molecule has 1 aliphatic rings. The van der Waals surface area contributed by atoms with Gasteiger partial charge in [-0.15, -0.1) is 0 Å². The molecule has 0 bridgehead atoms. The van der Waals surface area contributed by atoms with E-state index < -0.39 is 0 Å². The molecule has 1 aromatic carbocycles. The second-order valence-corrected chi connectivity index (χ2v) is 5.19. The molecule has 6 heteroatoms. The van der Waals surface area contributed by atoms with Crippen LogP contribution in [0.2, 0.25) is 0 Å². The maximum atomic E-state index is 11.5. The largest absolute Gasteiger partial charge is 0.281 e. The fraction of sp³-hybridized carbons (Fsp3) is 0.357. The summed E-state index contributed by atoms with van der Waals surface area (Å²) in [6.45, 7) is 4.00. The van der Waals surface area contributed by atoms with Crippen LogP contribution >= 0.6 is 15.9 Å². The van der Waals surface area contributed by atoms with Crippen LogP contribution in [0, 0.1) is 5.92 Å². The highest BCUT2D eigenvalue weighted by Gasteiger charge is 2.29. The van der Waals surface area contributed by atoms with Gasteiger partial charge < -0.3 is 0 Å². The van der Waals surface area contributed by atoms with Gasteiger partial charge in [0.15, 0.2) is 5.82 Å². The van der Waals surface area contributed by atoms with Gasteiger partial charge in [0.1, 0.15) is 0 Å². The zero-order chi connectivity index (χ0) is 14.5. The van der Waals surface area contributed by atoms with Gasteiger partial charge in [-0.2, -0.15) is 0 Å². The Morgan fingerprint density at radius 3 is 2.75 bits per heavy atom. The lowest BCUT2D eigenvalue weighted by Gasteiger charge is -2.07. The molecule has 2 aromatic rings. The fourth-order valence-corrected chi connectivity index (χ4v) is 1.97. The van der Waals surface area contributed by atoms with Crippen LogP contribution in [0.4, 0.5) is 5.82 Å². The number of fused-ring (bicyclic) bond motifs is 1. The van der Waals surface area contributed by atoms with Gasteiger partial charge in [0, 0.05) is 10.4 Å². The predicted octanol–water partition coefficient (Wildman–Crippen LogP) is 3.27. The summed E-state index contributed by atoms with van der Waals surface area (Å²) >= 11 is 3.39. The van der Waals surface area contributed by atoms with Crippen molar-refractivity contribution in [3.05, 3.63) is 28.9 Å². The number of hydrogen-bond acceptors (Lipinski definition) is 4. The van der Waals surface area contributed by atoms with Gasteiger partial charge in [-0.05, 0) is 31.0 Å². The van der Waals surface area contributed by atoms with Crippen LogP contribution in [-0.4, -0.2) is 15.9 Å². The predicted molar refractivity (Wildman–Crippen MR) is 83.1 cm³/mol. The van der Waals surface area contributed by atoms with Crippen molar-refractivity contribution in [1.29, 1.82) is 0 Å². The van der Waals surface area contributed by atoms with Crippen molar-refractivity contribution in [3.8, 4) is 0 Å². The van der Waals surface area contributed by atoms with Crippen LogP contribution in [0.3, 0.4) is 0 Å². The maximum absolute atomic E-state index is 11.5. The molecular formula is C14H17BrN4O. The average Bonchev–Trinajstić information content (AvgIpc) is 3.31. The van der Waals surface area contributed by atoms with Crippen molar-refractivity contribution in [2.75, 3.05) is 5.43 Å². The van der Waals surface area contributed by atoms with Gasteiger partial charge in [0.05, 0.1) is 17.2 Å². The zero-order valence-corrected chi connectivity index (χ0v) is 13.1. The number of nitrogens with one attached hydrogen (secondary N) is 2. The van der Waals surface area contributed by atoms with E-state index >= 15 is 0 Å². The topological polar surface area (TPSA) is 66.9 Å². The lowest BCUT2D eigenvalue weighted by Crippen LogP contribution is -2.31. The van der Waals surface area contributed by atoms with Crippen molar-refractivity contribution < 1.29 is 4.79 Å². The summed E-state index contributed by atoms with van der Waals surface area (Å²) < 4.78 is 0.948. The van der Waals surface area contributed by atoms with Crippen molar-refractivity contribution in [3.63, 3.8) is 0 Å². The number of anilines is 1. The van der Waals surface area contributed by atoms with Crippen molar-refractivity contribution in [2.24, 2.45) is 5.92 Å². The molecule has 106 valence electrons. The molecule has 1 amide bonds. The third-order valence-corrected chi connectivity index (χ3v) is 3.26. The molecule has 1 aliphatic carbocycles. The minimum atomic E-state index is 0.0196. The second kappa shape index (κ2) is 6.65. The van der Waals surface area contributed by atoms with E-state index in [1.165, 1.54) is 0 Å². The number of nitrogens with zero attached hydrogens (tertiary/aromatic N) is 2. The number of carbonyl (C=O) groups is 1. The van der Waals surface area contributed by atoms with Crippen molar-refractivity contribution >= 4 is 38.7 Å². The summed E-state index contributed by atoms with van der Waals surface area (Å²) in [6.07, 6.45) is 3.55. The van der Waals surface area contributed by atoms with Crippen LogP contribution in [0.5, 0.6) is 0 Å². The summed E-state index contributed by atoms with van der Waals surface area (Å²) in [7, 11) is 0. The Balaban J connectivity index is 0.000000704. The quantitative estimate of drug-likeness (QED) is 0.844. The van der Waals surface area contributed by atoms with E-state index in [1.807, 2.05) is 32.0 Å². The summed E-state index contributed by atoms with van der Waals surface area (Å²) in [6, 6.07) is 5.69. The van der Waals surface area contributed by atoms with Gasteiger partial charge in [-0.1, -0.05) is 29.8 Å². The first kappa shape index (κ1) is 14.7. The molecule has 5 nitrogen and oxygen atoms in total. The number of carbonyl (C=O) groups excluding carboxylic acids is 1. The highest BCUT2D eigenvalue weighted by atomic mass is 79.9. The highest BCUT2D eigenvalue weighted by Crippen LogP contribution is 2.28. The SMILES string of the molecule is CC.O=C(NNc1cnc2ccc(Br)cc2n1)C1CC1. The molecule has 0 radical (unpaired) electrons. The van der Waals surface area contributed by atoms with Crippen LogP contribution < -0.4 is 10.9 Å². The second-order valence-electron chi connectivity index (χ2n) is 4.28. The molecule has 0 saturated heterocycles. The summed E-state index contributed by atoms with van der Waals surface area (Å²) in [5.41, 5.74) is 7.02. The third kappa shape index (κ3) is 3.66. The van der Waals surface area contributed by atoms with Crippen molar-refractivity contribution in [1.82, 2.24) is 15.4 Å². The maximum Gasteiger partial charge on any atom is 0.241 e. The Morgan fingerprint density at radius 2 is 2.05 bits per heavy atom. The molecule has 2 N–H and O–H groups in total. The number of hydrazine groups is 1. The molecule has 0 spiro atoms. The Kier molecular flexibility index (Phi) is 4.89. The summed E-state index contributed by atoms with van der Waals surface area (Å²) in [5.74, 6) is 0.723. The molecule has 0 unspecified atom stereocenters. The first-order valence-corrected chi connectivity index (χ1v) is 7.50. The van der Waals surface area contributed by atoms with E-state index in [9.17, 15) is 4.79 Å². The lowest BCUT2D eigenvalue weighted by atomic mass is 10.3. The Morgan fingerprint density at radius 1 is 1.30 bits per heavy atom. The van der Waals surface area contributed by atoms with E-state index in [0.717, 1.165) is 28.3 Å². The van der Waals surface area contributed by atoms with E-state index in [2.05, 4.69) is 36.7 Å². The number of halogens is 1. The van der Waals surface area contributed by atoms with Gasteiger partial charge in [-0.3, -0.25) is 20.6 Å². The molecule has 1 fully saturated rings. The molecule has 0 aliphatic heterocycles. The number of rotatable bonds is 3. The highest BCUT2D eigenvalue weighted by molar-refractivity contribution is 9.10. The minimum absolute atomic E-state index is 0.0196. The van der Waals surface area contributed by atoms with E-state index in [4.69, 9.17) is 0 Å². The molecule has 3 rings (SSSR count). The smallest absolute Gasteiger partial charge is 0.241 e. The van der Waals surface area contributed by atoms with Gasteiger partial charge in [0.2, 0.25) is 5.91 Å². The monoisotopic (exact) mass is 336 g/mol. The minimum Gasteiger partial charge on any atom is -0.281 e. The number of hydrogen-bond donors (Lipinski definition) is 2. The first-order chi connectivity index (χ1) is 9.72. The van der Waals surface area contributed by atoms with E-state index in [1.54, 1.807) is 6.20 Å². The first-order valence-electron chi connectivity index (χ1n) is 6.70. The number of aromatic nitrogens is 2. The molecule has 1 aromatic heterocycles. The van der Waals surface area contributed by atoms with E-state index in [0.29, 0.717) is 5.82 Å². The standard InChI is InChI=1S/C12H11BrN4O.C2H6/c13-8-3-4-9-10(5-8)15-11(6-14-9)16-17-12(18)7-1-2-7;1-2/h3-7H,1-2H2,(H,15,16)(H,17,18);1-2H3. The Bertz CT molecular complexity index is 613. The van der Waals surface area contributed by atoms with Gasteiger partial charge in [0.25, 0.3) is 0 Å². The molecule has 1 saturated carbocycles. The lowest BCUT2D eigenvalue weighted by molar-refractivity contribution is -0.121. The molecule has 0 atom stereocenters. The summed E-state index contributed by atoms with van der Waals surface area (Å²) in [4.78, 5) is 20.1. The average molecular weight is 337 g/mol. The third-order valence-electron chi connectivity index (χ3n) is 2.77. The summed E-state index contributed by atoms with van der Waals surface area (Å²) in [5, 5.41) is 0. The van der Waals surface area contributed by atoms with Gasteiger partial charge in [-0.25, -0.2) is 4.98 Å². The fourth-order valence-electron chi connectivity index (χ4n) is 1.62. The zero-order valence-electron chi connectivity index (χ0n) is 11.5. The number of benzene rings is 1. The Labute approximate surface area is 126 Å². The van der Waals surface area contributed by atoms with Crippen molar-refractivity contribution in [2.45, 2.75) is 26.7 Å². The van der Waals surface area contributed by atoms with Crippen LogP contribution in [-0.2, 0) is 4.79 Å². The van der Waals surface area contributed by atoms with E-state index in [-0.39, 0.29) is 11.8 Å². The van der Waals surface area contributed by atoms with Crippen LogP contribution in [0.1, 0.15) is 26.7 Å². The number of amides is 1.